The smallest absolute Gasteiger partial charge is 0.307 e. The topological polar surface area (TPSA) is 94.5 Å². The maximum atomic E-state index is 13.7. The number of carbonyl (C=O) groups excluding carboxylic acids is 2. The summed E-state index contributed by atoms with van der Waals surface area (Å²) in [5, 5.41) is 3.00. The lowest BCUT2D eigenvalue weighted by Gasteiger charge is -2.23. The molecule has 0 aliphatic heterocycles. The Morgan fingerprint density at radius 2 is 1.63 bits per heavy atom. The van der Waals surface area contributed by atoms with Crippen LogP contribution in [-0.4, -0.2) is 35.7 Å². The Morgan fingerprint density at radius 1 is 0.976 bits per heavy atom. The molecule has 1 N–H and O–H groups in total. The fourth-order valence-corrected chi connectivity index (χ4v) is 7.04. The molecular formula is C31H32Cl2N2O5S. The van der Waals surface area contributed by atoms with E-state index < -0.39 is 26.7 Å². The average molecular weight is 616 g/mol. The summed E-state index contributed by atoms with van der Waals surface area (Å²) in [6.45, 7) is 5.19. The van der Waals surface area contributed by atoms with Crippen LogP contribution >= 0.6 is 23.2 Å². The van der Waals surface area contributed by atoms with Gasteiger partial charge in [0.1, 0.15) is 5.60 Å². The zero-order chi connectivity index (χ0) is 29.9. The van der Waals surface area contributed by atoms with Crippen LogP contribution in [0.2, 0.25) is 10.0 Å². The van der Waals surface area contributed by atoms with Gasteiger partial charge in [-0.3, -0.25) is 9.59 Å². The third-order valence-electron chi connectivity index (χ3n) is 6.50. The van der Waals surface area contributed by atoms with Crippen LogP contribution in [0.1, 0.15) is 49.5 Å². The molecule has 1 aromatic heterocycles. The number of carbonyl (C=O) groups is 2. The van der Waals surface area contributed by atoms with Crippen molar-refractivity contribution in [3.63, 3.8) is 0 Å². The molecule has 0 spiro atoms. The number of rotatable bonds is 9. The normalized spacial score (nSPS) is 12.7. The molecule has 10 heteroatoms. The number of esters is 1. The van der Waals surface area contributed by atoms with Gasteiger partial charge < -0.3 is 14.6 Å². The van der Waals surface area contributed by atoms with Gasteiger partial charge in [-0.25, -0.2) is 8.42 Å². The summed E-state index contributed by atoms with van der Waals surface area (Å²) in [6, 6.07) is 19.0. The molecule has 0 bridgehead atoms. The lowest BCUT2D eigenvalue weighted by atomic mass is 10.0. The van der Waals surface area contributed by atoms with Gasteiger partial charge in [0, 0.05) is 39.9 Å². The largest absolute Gasteiger partial charge is 0.460 e. The minimum atomic E-state index is -3.98. The van der Waals surface area contributed by atoms with Gasteiger partial charge >= 0.3 is 5.97 Å². The monoisotopic (exact) mass is 614 g/mol. The van der Waals surface area contributed by atoms with Crippen LogP contribution in [0, 0.1) is 0 Å². The molecule has 1 atom stereocenters. The Kier molecular flexibility index (Phi) is 9.16. The number of ether oxygens (including phenoxy) is 1. The van der Waals surface area contributed by atoms with E-state index in [1.165, 1.54) is 18.2 Å². The SMILES string of the molecule is Cn1cc(C(=O)Nc2ccccc2)c2ccc(CCC(CC(=O)OC(C)(C)C)S(=O)(=O)c3cc(Cl)cc(Cl)c3)cc21. The van der Waals surface area contributed by atoms with Gasteiger partial charge in [-0.05, 0) is 75.6 Å². The number of nitrogens with zero attached hydrogens (tertiary/aromatic N) is 1. The van der Waals surface area contributed by atoms with E-state index >= 15 is 0 Å². The Morgan fingerprint density at radius 3 is 2.27 bits per heavy atom. The number of para-hydroxylation sites is 1. The van der Waals surface area contributed by atoms with Gasteiger partial charge in [0.15, 0.2) is 9.84 Å². The average Bonchev–Trinajstić information content (AvgIpc) is 3.21. The number of anilines is 1. The molecule has 4 rings (SSSR count). The first-order chi connectivity index (χ1) is 19.2. The van der Waals surface area contributed by atoms with Gasteiger partial charge in [-0.15, -0.1) is 0 Å². The number of aromatic nitrogens is 1. The number of hydrogen-bond donors (Lipinski definition) is 1. The lowest BCUT2D eigenvalue weighted by Crippen LogP contribution is -2.30. The van der Waals surface area contributed by atoms with Crippen molar-refractivity contribution in [1.29, 1.82) is 0 Å². The molecule has 0 saturated heterocycles. The van der Waals surface area contributed by atoms with Crippen LogP contribution in [0.15, 0.2) is 77.8 Å². The highest BCUT2D eigenvalue weighted by Gasteiger charge is 2.32. The summed E-state index contributed by atoms with van der Waals surface area (Å²) in [5.74, 6) is -0.829. The van der Waals surface area contributed by atoms with Gasteiger partial charge in [0.25, 0.3) is 5.91 Å². The molecule has 4 aromatic rings. The van der Waals surface area contributed by atoms with Crippen molar-refractivity contribution in [3.8, 4) is 0 Å². The second kappa shape index (κ2) is 12.3. The second-order valence-corrected chi connectivity index (χ2v) is 14.0. The molecule has 0 aliphatic carbocycles. The highest BCUT2D eigenvalue weighted by atomic mass is 35.5. The van der Waals surface area contributed by atoms with Gasteiger partial charge in [-0.1, -0.05) is 53.5 Å². The van der Waals surface area contributed by atoms with E-state index in [0.29, 0.717) is 17.7 Å². The number of halogens is 2. The molecule has 1 amide bonds. The Bertz CT molecular complexity index is 1670. The van der Waals surface area contributed by atoms with Gasteiger partial charge in [0.2, 0.25) is 0 Å². The van der Waals surface area contributed by atoms with E-state index in [0.717, 1.165) is 16.5 Å². The first-order valence-electron chi connectivity index (χ1n) is 13.1. The standard InChI is InChI=1S/C31H32Cl2N2O5S/c1-31(2,3)40-29(36)18-24(41(38,39)25-16-21(32)15-22(33)17-25)12-10-20-11-13-26-27(19-35(4)28(26)14-20)30(37)34-23-8-6-5-7-9-23/h5-9,11,13-17,19,24H,10,12,18H2,1-4H3,(H,34,37). The van der Waals surface area contributed by atoms with E-state index in [9.17, 15) is 18.0 Å². The Balaban J connectivity index is 1.59. The molecular weight excluding hydrogens is 583 g/mol. The van der Waals surface area contributed by atoms with Crippen molar-refractivity contribution < 1.29 is 22.7 Å². The van der Waals surface area contributed by atoms with Crippen LogP contribution in [0.3, 0.4) is 0 Å². The van der Waals surface area contributed by atoms with Crippen molar-refractivity contribution in [1.82, 2.24) is 4.57 Å². The number of hydrogen-bond acceptors (Lipinski definition) is 5. The first-order valence-corrected chi connectivity index (χ1v) is 15.4. The summed E-state index contributed by atoms with van der Waals surface area (Å²) >= 11 is 12.2. The van der Waals surface area contributed by atoms with Crippen LogP contribution in [0.25, 0.3) is 10.9 Å². The fraction of sp³-hybridized carbons (Fsp3) is 0.290. The molecule has 1 unspecified atom stereocenters. The highest BCUT2D eigenvalue weighted by Crippen LogP contribution is 2.30. The maximum Gasteiger partial charge on any atom is 0.307 e. The molecule has 0 saturated carbocycles. The third kappa shape index (κ3) is 7.70. The number of aryl methyl sites for hydroxylation is 2. The van der Waals surface area contributed by atoms with E-state index in [-0.39, 0.29) is 33.7 Å². The summed E-state index contributed by atoms with van der Waals surface area (Å²) in [6.07, 6.45) is 1.97. The zero-order valence-corrected chi connectivity index (χ0v) is 25.6. The van der Waals surface area contributed by atoms with Crippen molar-refractivity contribution in [3.05, 3.63) is 94.1 Å². The molecule has 0 aliphatic rings. The number of sulfone groups is 1. The Labute approximate surface area is 250 Å². The highest BCUT2D eigenvalue weighted by molar-refractivity contribution is 7.92. The molecule has 3 aromatic carbocycles. The van der Waals surface area contributed by atoms with Crippen molar-refractivity contribution >= 4 is 61.5 Å². The molecule has 1 heterocycles. The summed E-state index contributed by atoms with van der Waals surface area (Å²) in [7, 11) is -2.13. The van der Waals surface area contributed by atoms with Crippen LogP contribution in [0.5, 0.6) is 0 Å². The van der Waals surface area contributed by atoms with Crippen molar-refractivity contribution in [2.24, 2.45) is 7.05 Å². The molecule has 7 nitrogen and oxygen atoms in total. The third-order valence-corrected chi connectivity index (χ3v) is 9.11. The summed E-state index contributed by atoms with van der Waals surface area (Å²) < 4.78 is 34.7. The fourth-order valence-electron chi connectivity index (χ4n) is 4.63. The summed E-state index contributed by atoms with van der Waals surface area (Å²) in [4.78, 5) is 25.7. The predicted molar refractivity (Wildman–Crippen MR) is 164 cm³/mol. The quantitative estimate of drug-likeness (QED) is 0.200. The summed E-state index contributed by atoms with van der Waals surface area (Å²) in [5.41, 5.74) is 2.16. The van der Waals surface area contributed by atoms with E-state index in [2.05, 4.69) is 5.32 Å². The molecule has 216 valence electrons. The van der Waals surface area contributed by atoms with Crippen molar-refractivity contribution in [2.45, 2.75) is 55.8 Å². The zero-order valence-electron chi connectivity index (χ0n) is 23.3. The van der Waals surface area contributed by atoms with E-state index in [1.54, 1.807) is 27.0 Å². The number of fused-ring (bicyclic) bond motifs is 1. The number of nitrogens with one attached hydrogen (secondary N) is 1. The number of amides is 1. The molecule has 0 fully saturated rings. The van der Waals surface area contributed by atoms with Crippen LogP contribution < -0.4 is 5.32 Å². The van der Waals surface area contributed by atoms with E-state index in [1.807, 2.05) is 60.1 Å². The molecule has 41 heavy (non-hydrogen) atoms. The Hall–Kier alpha value is -3.33. The lowest BCUT2D eigenvalue weighted by molar-refractivity contribution is -0.154. The van der Waals surface area contributed by atoms with Gasteiger partial charge in [-0.2, -0.15) is 0 Å². The predicted octanol–water partition coefficient (Wildman–Crippen LogP) is 7.24. The number of benzene rings is 3. The minimum Gasteiger partial charge on any atom is -0.460 e. The minimum absolute atomic E-state index is 0.0458. The van der Waals surface area contributed by atoms with Crippen LogP contribution in [0.4, 0.5) is 5.69 Å². The second-order valence-electron chi connectivity index (χ2n) is 10.9. The maximum absolute atomic E-state index is 13.7. The first kappa shape index (κ1) is 30.6. The van der Waals surface area contributed by atoms with Crippen molar-refractivity contribution in [2.75, 3.05) is 5.32 Å². The van der Waals surface area contributed by atoms with Crippen LogP contribution in [-0.2, 0) is 32.8 Å². The van der Waals surface area contributed by atoms with Gasteiger partial charge in [0.05, 0.1) is 22.1 Å². The molecule has 0 radical (unpaired) electrons. The van der Waals surface area contributed by atoms with E-state index in [4.69, 9.17) is 27.9 Å².